The highest BCUT2D eigenvalue weighted by atomic mass is 19.1. The molecule has 3 aromatic rings. The van der Waals surface area contributed by atoms with Gasteiger partial charge in [0.15, 0.2) is 11.5 Å². The van der Waals surface area contributed by atoms with Crippen molar-refractivity contribution in [1.82, 2.24) is 19.9 Å². The number of pyridine rings is 1. The number of rotatable bonds is 5. The van der Waals surface area contributed by atoms with Gasteiger partial charge < -0.3 is 14.6 Å². The number of ether oxygens (including phenoxy) is 1. The molecule has 1 saturated heterocycles. The van der Waals surface area contributed by atoms with Gasteiger partial charge in [0.2, 0.25) is 0 Å². The number of aromatic nitrogens is 4. The molecule has 0 spiro atoms. The molecule has 0 bridgehead atoms. The van der Waals surface area contributed by atoms with Gasteiger partial charge >= 0.3 is 0 Å². The Kier molecular flexibility index (Phi) is 4.44. The van der Waals surface area contributed by atoms with Crippen molar-refractivity contribution in [3.8, 4) is 11.5 Å². The van der Waals surface area contributed by atoms with E-state index in [1.165, 1.54) is 12.3 Å². The van der Waals surface area contributed by atoms with Crippen molar-refractivity contribution in [3.63, 3.8) is 0 Å². The Hall–Kier alpha value is -3.07. The molecule has 0 saturated carbocycles. The van der Waals surface area contributed by atoms with Gasteiger partial charge in [-0.15, -0.1) is 0 Å². The molecule has 0 aliphatic carbocycles. The molecule has 134 valence electrons. The van der Waals surface area contributed by atoms with Crippen LogP contribution in [0.5, 0.6) is 0 Å². The lowest BCUT2D eigenvalue weighted by Gasteiger charge is -2.09. The molecule has 1 N–H and O–H groups in total. The van der Waals surface area contributed by atoms with Crippen LogP contribution in [-0.4, -0.2) is 45.2 Å². The summed E-state index contributed by atoms with van der Waals surface area (Å²) in [6.07, 6.45) is 3.78. The van der Waals surface area contributed by atoms with Crippen LogP contribution < -0.4 is 5.32 Å². The zero-order chi connectivity index (χ0) is 17.9. The van der Waals surface area contributed by atoms with Crippen molar-refractivity contribution in [2.75, 3.05) is 18.5 Å². The number of alkyl halides is 1. The van der Waals surface area contributed by atoms with Gasteiger partial charge in [-0.2, -0.15) is 5.10 Å². The number of halogens is 1. The Morgan fingerprint density at radius 3 is 3.08 bits per heavy atom. The second-order valence-electron chi connectivity index (χ2n) is 6.01. The molecule has 0 radical (unpaired) electrons. The molecule has 8 nitrogen and oxygen atoms in total. The average molecular weight is 357 g/mol. The largest absolute Gasteiger partial charge is 0.378 e. The second-order valence-corrected chi connectivity index (χ2v) is 6.01. The third-order valence-electron chi connectivity index (χ3n) is 4.09. The summed E-state index contributed by atoms with van der Waals surface area (Å²) in [7, 11) is 0. The highest BCUT2D eigenvalue weighted by Crippen LogP contribution is 2.20. The van der Waals surface area contributed by atoms with Crippen LogP contribution in [-0.2, 0) is 11.3 Å². The molecular formula is C17H16FN5O3. The predicted molar refractivity (Wildman–Crippen MR) is 89.1 cm³/mol. The average Bonchev–Trinajstić information content (AvgIpc) is 3.38. The van der Waals surface area contributed by atoms with Crippen LogP contribution in [0.15, 0.2) is 47.4 Å². The summed E-state index contributed by atoms with van der Waals surface area (Å²) in [6, 6.07) is 6.88. The van der Waals surface area contributed by atoms with Crippen LogP contribution in [0.4, 0.5) is 10.1 Å². The Morgan fingerprint density at radius 2 is 2.31 bits per heavy atom. The third kappa shape index (κ3) is 3.47. The van der Waals surface area contributed by atoms with Crippen LogP contribution in [0, 0.1) is 5.92 Å². The first kappa shape index (κ1) is 16.4. The van der Waals surface area contributed by atoms with Crippen molar-refractivity contribution in [2.24, 2.45) is 5.92 Å². The minimum atomic E-state index is -0.989. The number of carbonyl (C=O) groups excluding carboxylic acids is 1. The minimum absolute atomic E-state index is 0.125. The van der Waals surface area contributed by atoms with E-state index in [9.17, 15) is 9.18 Å². The smallest absolute Gasteiger partial charge is 0.277 e. The first-order valence-electron chi connectivity index (χ1n) is 8.13. The van der Waals surface area contributed by atoms with Gasteiger partial charge in [-0.25, -0.2) is 4.39 Å². The van der Waals surface area contributed by atoms with Crippen molar-refractivity contribution in [3.05, 3.63) is 48.5 Å². The maximum absolute atomic E-state index is 13.6. The van der Waals surface area contributed by atoms with E-state index in [2.05, 4.69) is 20.6 Å². The summed E-state index contributed by atoms with van der Waals surface area (Å²) < 4.78 is 25.4. The van der Waals surface area contributed by atoms with Gasteiger partial charge in [0.1, 0.15) is 11.9 Å². The third-order valence-corrected chi connectivity index (χ3v) is 4.09. The molecule has 3 aromatic heterocycles. The summed E-state index contributed by atoms with van der Waals surface area (Å²) >= 11 is 0. The summed E-state index contributed by atoms with van der Waals surface area (Å²) in [4.78, 5) is 16.4. The Morgan fingerprint density at radius 1 is 1.38 bits per heavy atom. The van der Waals surface area contributed by atoms with Crippen LogP contribution in [0.3, 0.4) is 0 Å². The van der Waals surface area contributed by atoms with Crippen molar-refractivity contribution in [2.45, 2.75) is 12.7 Å². The van der Waals surface area contributed by atoms with E-state index in [1.807, 2.05) is 6.07 Å². The second kappa shape index (κ2) is 7.04. The molecular weight excluding hydrogens is 341 g/mol. The maximum atomic E-state index is 13.6. The Bertz CT molecular complexity index is 895. The normalized spacial score (nSPS) is 19.6. The topological polar surface area (TPSA) is 95.1 Å². The minimum Gasteiger partial charge on any atom is -0.378 e. The van der Waals surface area contributed by atoms with E-state index in [0.717, 1.165) is 0 Å². The van der Waals surface area contributed by atoms with Crippen molar-refractivity contribution < 1.29 is 18.4 Å². The van der Waals surface area contributed by atoms with Crippen molar-refractivity contribution >= 4 is 11.6 Å². The number of nitrogens with zero attached hydrogens (tertiary/aromatic N) is 4. The number of hydrogen-bond donors (Lipinski definition) is 1. The number of hydrogen-bond acceptors (Lipinski definition) is 6. The number of carbonyl (C=O) groups is 1. The SMILES string of the molecule is O=C(Nc1cnn(CC2COCC2F)c1)c1cc(-c2ccccn2)on1. The monoisotopic (exact) mass is 357 g/mol. The van der Waals surface area contributed by atoms with Gasteiger partial charge in [-0.1, -0.05) is 11.2 Å². The summed E-state index contributed by atoms with van der Waals surface area (Å²) in [6.45, 7) is 0.892. The fraction of sp³-hybridized carbons (Fsp3) is 0.294. The first-order chi connectivity index (χ1) is 12.7. The number of amides is 1. The van der Waals surface area contributed by atoms with Gasteiger partial charge in [0.25, 0.3) is 5.91 Å². The van der Waals surface area contributed by atoms with Crippen LogP contribution in [0.25, 0.3) is 11.5 Å². The van der Waals surface area contributed by atoms with Gasteiger partial charge in [0.05, 0.1) is 25.1 Å². The van der Waals surface area contributed by atoms with E-state index in [1.54, 1.807) is 29.2 Å². The zero-order valence-electron chi connectivity index (χ0n) is 13.7. The van der Waals surface area contributed by atoms with E-state index >= 15 is 0 Å². The van der Waals surface area contributed by atoms with E-state index in [0.29, 0.717) is 30.3 Å². The predicted octanol–water partition coefficient (Wildman–Crippen LogP) is 2.17. The van der Waals surface area contributed by atoms with Crippen LogP contribution in [0.2, 0.25) is 0 Å². The van der Waals surface area contributed by atoms with Crippen LogP contribution >= 0.6 is 0 Å². The lowest BCUT2D eigenvalue weighted by atomic mass is 10.1. The van der Waals surface area contributed by atoms with Crippen molar-refractivity contribution in [1.29, 1.82) is 0 Å². The molecule has 9 heteroatoms. The Labute approximate surface area is 148 Å². The maximum Gasteiger partial charge on any atom is 0.277 e. The summed E-state index contributed by atoms with van der Waals surface area (Å²) in [5.74, 6) is -0.250. The molecule has 2 unspecified atom stereocenters. The number of anilines is 1. The molecule has 4 heterocycles. The fourth-order valence-corrected chi connectivity index (χ4v) is 2.71. The van der Waals surface area contributed by atoms with Gasteiger partial charge in [0, 0.05) is 30.9 Å². The number of nitrogens with one attached hydrogen (secondary N) is 1. The molecule has 2 atom stereocenters. The lowest BCUT2D eigenvalue weighted by molar-refractivity contribution is 0.101. The quantitative estimate of drug-likeness (QED) is 0.752. The lowest BCUT2D eigenvalue weighted by Crippen LogP contribution is -2.19. The standard InChI is InChI=1S/C17H16FN5O3/c18-13-10-25-9-11(13)7-23-8-12(6-20-23)21-17(24)15-5-16(26-22-15)14-3-1-2-4-19-14/h1-6,8,11,13H,7,9-10H2,(H,21,24). The molecule has 26 heavy (non-hydrogen) atoms. The highest BCUT2D eigenvalue weighted by molar-refractivity contribution is 6.03. The molecule has 1 fully saturated rings. The van der Waals surface area contributed by atoms with E-state index in [-0.39, 0.29) is 18.2 Å². The van der Waals surface area contributed by atoms with E-state index < -0.39 is 12.1 Å². The summed E-state index contributed by atoms with van der Waals surface area (Å²) in [5.41, 5.74) is 1.21. The Balaban J connectivity index is 1.40. The summed E-state index contributed by atoms with van der Waals surface area (Å²) in [5, 5.41) is 10.6. The molecule has 1 amide bonds. The molecule has 0 aromatic carbocycles. The van der Waals surface area contributed by atoms with Gasteiger partial charge in [-0.3, -0.25) is 14.5 Å². The highest BCUT2D eigenvalue weighted by Gasteiger charge is 2.28. The molecule has 1 aliphatic heterocycles. The van der Waals surface area contributed by atoms with Crippen LogP contribution in [0.1, 0.15) is 10.5 Å². The fourth-order valence-electron chi connectivity index (χ4n) is 2.71. The molecule has 4 rings (SSSR count). The zero-order valence-corrected chi connectivity index (χ0v) is 13.7. The first-order valence-corrected chi connectivity index (χ1v) is 8.13. The van der Waals surface area contributed by atoms with Gasteiger partial charge in [-0.05, 0) is 12.1 Å². The van der Waals surface area contributed by atoms with E-state index in [4.69, 9.17) is 9.26 Å². The molecule has 1 aliphatic rings.